The van der Waals surface area contributed by atoms with Crippen molar-refractivity contribution < 1.29 is 19.1 Å². The molecule has 1 atom stereocenters. The van der Waals surface area contributed by atoms with Crippen molar-refractivity contribution in [3.05, 3.63) is 90.0 Å². The average molecular weight is 517 g/mol. The number of carbonyl (C=O) groups excluding carboxylic acids is 2. The largest absolute Gasteiger partial charge is 0.491 e. The third-order valence-electron chi connectivity index (χ3n) is 6.80. The molecule has 2 aromatic carbocycles. The maximum Gasteiger partial charge on any atom is 0.272 e. The zero-order chi connectivity index (χ0) is 26.6. The van der Waals surface area contributed by atoms with Gasteiger partial charge in [0.2, 0.25) is 0 Å². The number of hydrogen-bond acceptors (Lipinski definition) is 6. The Bertz CT molecular complexity index is 1160. The van der Waals surface area contributed by atoms with Crippen LogP contribution in [0.5, 0.6) is 5.75 Å². The van der Waals surface area contributed by atoms with Gasteiger partial charge in [0.05, 0.1) is 18.2 Å². The molecule has 2 amide bonds. The molecule has 0 spiro atoms. The van der Waals surface area contributed by atoms with Crippen molar-refractivity contribution in [3.63, 3.8) is 0 Å². The lowest BCUT2D eigenvalue weighted by Crippen LogP contribution is -2.46. The van der Waals surface area contributed by atoms with Gasteiger partial charge < -0.3 is 19.3 Å². The Hall–Kier alpha value is -3.78. The number of rotatable bonds is 6. The van der Waals surface area contributed by atoms with Crippen LogP contribution in [0.25, 0.3) is 0 Å². The molecule has 8 nitrogen and oxygen atoms in total. The number of amides is 2. The summed E-state index contributed by atoms with van der Waals surface area (Å²) in [7, 11) is 1.65. The van der Waals surface area contributed by atoms with Gasteiger partial charge in [0.25, 0.3) is 11.8 Å². The van der Waals surface area contributed by atoms with Crippen molar-refractivity contribution in [2.45, 2.75) is 38.1 Å². The Kier molecular flexibility index (Phi) is 10.2. The molecular formula is C30H36N4O4. The molecule has 0 fully saturated rings. The number of aromatic nitrogens is 2. The highest BCUT2D eigenvalue weighted by Gasteiger charge is 2.28. The van der Waals surface area contributed by atoms with Crippen LogP contribution >= 0.6 is 0 Å². The number of para-hydroxylation sites is 1. The fourth-order valence-electron chi connectivity index (χ4n) is 4.74. The number of hydrogen-bond donors (Lipinski definition) is 0. The molecule has 0 radical (unpaired) electrons. The minimum absolute atomic E-state index is 0.0664. The topological polar surface area (TPSA) is 84.9 Å². The number of fused-ring (bicyclic) bond motifs is 1. The summed E-state index contributed by atoms with van der Waals surface area (Å²) < 4.78 is 11.6. The van der Waals surface area contributed by atoms with Crippen molar-refractivity contribution >= 4 is 11.8 Å². The third-order valence-corrected chi connectivity index (χ3v) is 6.80. The van der Waals surface area contributed by atoms with E-state index in [9.17, 15) is 9.59 Å². The molecule has 3 aromatic rings. The summed E-state index contributed by atoms with van der Waals surface area (Å²) in [5.41, 5.74) is 1.99. The van der Waals surface area contributed by atoms with E-state index in [0.717, 1.165) is 31.2 Å². The maximum atomic E-state index is 13.7. The lowest BCUT2D eigenvalue weighted by Gasteiger charge is -2.32. The summed E-state index contributed by atoms with van der Waals surface area (Å²) in [5.74, 6) is 0.312. The zero-order valence-electron chi connectivity index (χ0n) is 22.0. The first-order valence-corrected chi connectivity index (χ1v) is 13.3. The average Bonchev–Trinajstić information content (AvgIpc) is 2.96. The summed E-state index contributed by atoms with van der Waals surface area (Å²) in [4.78, 5) is 39.2. The quantitative estimate of drug-likeness (QED) is 0.487. The standard InChI is InChI=1S/C30H36N4O4/c1-37-20-19-33-17-9-2-3-10-18-34(30(36)27-15-16-31-23-32-27)25(21-24-11-5-4-6-12-24)22-38-28-14-8-7-13-26(28)29(33)35/h4-8,11-16,23,25H,2-3,9-10,17-22H2,1H3/t25-/m0/s1. The number of carbonyl (C=O) groups is 2. The van der Waals surface area contributed by atoms with Crippen molar-refractivity contribution in [3.8, 4) is 5.75 Å². The first-order valence-electron chi connectivity index (χ1n) is 13.3. The summed E-state index contributed by atoms with van der Waals surface area (Å²) in [6, 6.07) is 18.8. The SMILES string of the molecule is COCCN1CCCCCCN(C(=O)c2ccncn2)[C@@H](Cc2ccccc2)COc2ccccc2C1=O. The summed E-state index contributed by atoms with van der Waals surface area (Å²) in [6.45, 7) is 2.50. The van der Waals surface area contributed by atoms with Crippen molar-refractivity contribution in [2.24, 2.45) is 0 Å². The fraction of sp³-hybridized carbons (Fsp3) is 0.400. The fourth-order valence-corrected chi connectivity index (χ4v) is 4.74. The van der Waals surface area contributed by atoms with Gasteiger partial charge in [0.1, 0.15) is 24.4 Å². The molecule has 2 heterocycles. The molecule has 8 heteroatoms. The van der Waals surface area contributed by atoms with Crippen LogP contribution in [-0.4, -0.2) is 77.6 Å². The lowest BCUT2D eigenvalue weighted by molar-refractivity contribution is 0.0586. The van der Waals surface area contributed by atoms with Gasteiger partial charge in [-0.2, -0.15) is 0 Å². The molecule has 38 heavy (non-hydrogen) atoms. The molecule has 1 aromatic heterocycles. The van der Waals surface area contributed by atoms with Crippen LogP contribution in [0.15, 0.2) is 73.2 Å². The maximum absolute atomic E-state index is 13.7. The molecule has 1 aliphatic heterocycles. The van der Waals surface area contributed by atoms with Crippen LogP contribution in [0.2, 0.25) is 0 Å². The van der Waals surface area contributed by atoms with Crippen LogP contribution in [-0.2, 0) is 11.2 Å². The van der Waals surface area contributed by atoms with E-state index < -0.39 is 0 Å². The van der Waals surface area contributed by atoms with Crippen molar-refractivity contribution in [1.29, 1.82) is 0 Å². The van der Waals surface area contributed by atoms with Crippen molar-refractivity contribution in [1.82, 2.24) is 19.8 Å². The molecular weight excluding hydrogens is 480 g/mol. The number of methoxy groups -OCH3 is 1. The molecule has 0 saturated heterocycles. The van der Waals surface area contributed by atoms with Crippen LogP contribution < -0.4 is 4.74 Å². The van der Waals surface area contributed by atoms with E-state index in [2.05, 4.69) is 22.1 Å². The normalized spacial score (nSPS) is 17.3. The first kappa shape index (κ1) is 27.3. The number of ether oxygens (including phenoxy) is 2. The predicted molar refractivity (Wildman–Crippen MR) is 145 cm³/mol. The summed E-state index contributed by atoms with van der Waals surface area (Å²) >= 11 is 0. The van der Waals surface area contributed by atoms with Gasteiger partial charge in [0, 0.05) is 32.9 Å². The van der Waals surface area contributed by atoms with Crippen LogP contribution in [0.3, 0.4) is 0 Å². The van der Waals surface area contributed by atoms with Gasteiger partial charge in [-0.15, -0.1) is 0 Å². The van der Waals surface area contributed by atoms with E-state index in [1.54, 1.807) is 25.4 Å². The number of benzene rings is 2. The summed E-state index contributed by atoms with van der Waals surface area (Å²) in [5, 5.41) is 0. The van der Waals surface area contributed by atoms with Crippen LogP contribution in [0, 0.1) is 0 Å². The van der Waals surface area contributed by atoms with Gasteiger partial charge in [-0.1, -0.05) is 55.3 Å². The van der Waals surface area contributed by atoms with Crippen LogP contribution in [0.4, 0.5) is 0 Å². The van der Waals surface area contributed by atoms with Gasteiger partial charge in [-0.25, -0.2) is 9.97 Å². The van der Waals surface area contributed by atoms with Crippen molar-refractivity contribution in [2.75, 3.05) is 40.0 Å². The van der Waals surface area contributed by atoms with E-state index in [0.29, 0.717) is 49.7 Å². The Morgan fingerprint density at radius 1 is 1.00 bits per heavy atom. The van der Waals surface area contributed by atoms with E-state index in [4.69, 9.17) is 9.47 Å². The minimum Gasteiger partial charge on any atom is -0.491 e. The second-order valence-corrected chi connectivity index (χ2v) is 9.44. The van der Waals surface area contributed by atoms with E-state index in [-0.39, 0.29) is 24.5 Å². The highest BCUT2D eigenvalue weighted by Crippen LogP contribution is 2.23. The van der Waals surface area contributed by atoms with E-state index in [1.165, 1.54) is 6.33 Å². The molecule has 0 N–H and O–H groups in total. The van der Waals surface area contributed by atoms with Crippen LogP contribution in [0.1, 0.15) is 52.1 Å². The molecule has 1 aliphatic rings. The monoisotopic (exact) mass is 516 g/mol. The minimum atomic E-state index is -0.254. The van der Waals surface area contributed by atoms with Gasteiger partial charge >= 0.3 is 0 Å². The number of nitrogens with zero attached hydrogens (tertiary/aromatic N) is 4. The second kappa shape index (κ2) is 14.2. The summed E-state index contributed by atoms with van der Waals surface area (Å²) in [6.07, 6.45) is 7.26. The Morgan fingerprint density at radius 3 is 2.53 bits per heavy atom. The second-order valence-electron chi connectivity index (χ2n) is 9.44. The predicted octanol–water partition coefficient (Wildman–Crippen LogP) is 4.27. The lowest BCUT2D eigenvalue weighted by atomic mass is 10.0. The van der Waals surface area contributed by atoms with E-state index >= 15 is 0 Å². The molecule has 0 bridgehead atoms. The molecule has 4 rings (SSSR count). The van der Waals surface area contributed by atoms with Gasteiger partial charge in [-0.3, -0.25) is 9.59 Å². The Morgan fingerprint density at radius 2 is 1.76 bits per heavy atom. The van der Waals surface area contributed by atoms with Gasteiger partial charge in [0.15, 0.2) is 0 Å². The molecule has 0 saturated carbocycles. The Balaban J connectivity index is 1.66. The molecule has 0 aliphatic carbocycles. The smallest absolute Gasteiger partial charge is 0.272 e. The molecule has 200 valence electrons. The molecule has 0 unspecified atom stereocenters. The highest BCUT2D eigenvalue weighted by molar-refractivity contribution is 5.97. The highest BCUT2D eigenvalue weighted by atomic mass is 16.5. The first-order chi connectivity index (χ1) is 18.7. The third kappa shape index (κ3) is 7.38. The van der Waals surface area contributed by atoms with Gasteiger partial charge in [-0.05, 0) is 43.0 Å². The van der Waals surface area contributed by atoms with E-state index in [1.807, 2.05) is 46.2 Å². The zero-order valence-corrected chi connectivity index (χ0v) is 22.0. The Labute approximate surface area is 224 Å².